The van der Waals surface area contributed by atoms with Crippen LogP contribution >= 0.6 is 15.9 Å². The maximum absolute atomic E-state index is 12.2. The molecule has 162 valence electrons. The molecule has 1 fully saturated rings. The summed E-state index contributed by atoms with van der Waals surface area (Å²) in [4.78, 5) is 16.3. The maximum Gasteiger partial charge on any atom is 0.219 e. The Balaban J connectivity index is 1.62. The fraction of sp³-hybridized carbons (Fsp3) is 0.522. The van der Waals surface area contributed by atoms with E-state index in [1.807, 2.05) is 11.0 Å². The average Bonchev–Trinajstić information content (AvgIpc) is 3.17. The van der Waals surface area contributed by atoms with E-state index in [1.54, 1.807) is 6.92 Å². The molecule has 1 amide bonds. The van der Waals surface area contributed by atoms with Gasteiger partial charge < -0.3 is 14.5 Å². The van der Waals surface area contributed by atoms with Crippen molar-refractivity contribution in [2.75, 3.05) is 31.2 Å². The van der Waals surface area contributed by atoms with Crippen LogP contribution in [0.1, 0.15) is 54.6 Å². The molecule has 0 unspecified atom stereocenters. The number of carbonyl (C=O) groups is 1. The Morgan fingerprint density at radius 1 is 1.26 bits per heavy atom. The molecule has 5 rings (SSSR count). The molecule has 3 aliphatic heterocycles. The highest BCUT2D eigenvalue weighted by atomic mass is 79.9. The fourth-order valence-electron chi connectivity index (χ4n) is 5.05. The van der Waals surface area contributed by atoms with E-state index in [-0.39, 0.29) is 5.91 Å². The average molecular weight is 484 g/mol. The lowest BCUT2D eigenvalue weighted by molar-refractivity contribution is -0.129. The van der Waals surface area contributed by atoms with Crippen LogP contribution in [-0.4, -0.2) is 46.9 Å². The highest BCUT2D eigenvalue weighted by Crippen LogP contribution is 2.41. The molecule has 31 heavy (non-hydrogen) atoms. The molecule has 3 aliphatic rings. The quantitative estimate of drug-likeness (QED) is 0.648. The summed E-state index contributed by atoms with van der Waals surface area (Å²) < 4.78 is 8.65. The number of nitrogens with zero attached hydrogens (tertiary/aromatic N) is 5. The van der Waals surface area contributed by atoms with E-state index in [2.05, 4.69) is 37.6 Å². The lowest BCUT2D eigenvalue weighted by Crippen LogP contribution is -2.36. The summed E-state index contributed by atoms with van der Waals surface area (Å²) in [6.45, 7) is 5.35. The standard InChI is InChI=1S/C23H26BrN5O2/c1-15(30)27-8-4-21-19(14-27)23(26-29(21)18-5-9-31-10-6-18)28-7-2-3-16-11-20(24)17(13-25)12-22(16)28/h11-12,18H,2-10,14H2,1H3. The summed E-state index contributed by atoms with van der Waals surface area (Å²) in [5.74, 6) is 1.05. The van der Waals surface area contributed by atoms with Gasteiger partial charge in [0.25, 0.3) is 0 Å². The molecule has 0 N–H and O–H groups in total. The molecule has 0 saturated carbocycles. The van der Waals surface area contributed by atoms with E-state index in [4.69, 9.17) is 9.84 Å². The van der Waals surface area contributed by atoms with E-state index in [9.17, 15) is 10.1 Å². The molecule has 2 aromatic rings. The van der Waals surface area contributed by atoms with Crippen LogP contribution in [0.2, 0.25) is 0 Å². The van der Waals surface area contributed by atoms with Crippen molar-refractivity contribution in [2.45, 2.75) is 51.6 Å². The van der Waals surface area contributed by atoms with Gasteiger partial charge in [0.1, 0.15) is 6.07 Å². The van der Waals surface area contributed by atoms with Gasteiger partial charge in [-0.15, -0.1) is 0 Å². The molecule has 1 aromatic carbocycles. The Morgan fingerprint density at radius 3 is 2.81 bits per heavy atom. The maximum atomic E-state index is 12.2. The first-order chi connectivity index (χ1) is 15.1. The first kappa shape index (κ1) is 20.5. The fourth-order valence-corrected chi connectivity index (χ4v) is 5.53. The predicted molar refractivity (Wildman–Crippen MR) is 120 cm³/mol. The summed E-state index contributed by atoms with van der Waals surface area (Å²) in [5.41, 5.74) is 5.33. The minimum atomic E-state index is 0.102. The minimum Gasteiger partial charge on any atom is -0.381 e. The number of aromatic nitrogens is 2. The highest BCUT2D eigenvalue weighted by molar-refractivity contribution is 9.10. The van der Waals surface area contributed by atoms with Gasteiger partial charge in [-0.3, -0.25) is 9.48 Å². The van der Waals surface area contributed by atoms with Gasteiger partial charge >= 0.3 is 0 Å². The number of ether oxygens (including phenoxy) is 1. The van der Waals surface area contributed by atoms with Crippen molar-refractivity contribution in [2.24, 2.45) is 0 Å². The molecule has 7 nitrogen and oxygen atoms in total. The number of fused-ring (bicyclic) bond motifs is 2. The van der Waals surface area contributed by atoms with Crippen LogP contribution in [0.4, 0.5) is 11.5 Å². The van der Waals surface area contributed by atoms with Gasteiger partial charge in [0.15, 0.2) is 5.82 Å². The number of anilines is 2. The number of carbonyl (C=O) groups excluding carboxylic acids is 1. The van der Waals surface area contributed by atoms with E-state index < -0.39 is 0 Å². The number of amides is 1. The van der Waals surface area contributed by atoms with Gasteiger partial charge in [-0.1, -0.05) is 0 Å². The van der Waals surface area contributed by atoms with Crippen LogP contribution in [0, 0.1) is 11.3 Å². The topological polar surface area (TPSA) is 74.4 Å². The number of rotatable bonds is 2. The second-order valence-corrected chi connectivity index (χ2v) is 9.41. The van der Waals surface area contributed by atoms with Crippen LogP contribution in [0.5, 0.6) is 0 Å². The molecule has 8 heteroatoms. The molecular formula is C23H26BrN5O2. The number of nitriles is 1. The zero-order chi connectivity index (χ0) is 21.5. The van der Waals surface area contributed by atoms with Crippen LogP contribution in [0.3, 0.4) is 0 Å². The first-order valence-corrected chi connectivity index (χ1v) is 11.8. The van der Waals surface area contributed by atoms with Crippen molar-refractivity contribution in [1.29, 1.82) is 5.26 Å². The van der Waals surface area contributed by atoms with Crippen molar-refractivity contribution >= 4 is 33.3 Å². The molecule has 4 heterocycles. The number of hydrogen-bond acceptors (Lipinski definition) is 5. The van der Waals surface area contributed by atoms with Crippen LogP contribution in [-0.2, 0) is 28.9 Å². The van der Waals surface area contributed by atoms with Gasteiger partial charge in [0.05, 0.1) is 18.2 Å². The molecular weight excluding hydrogens is 458 g/mol. The lowest BCUT2D eigenvalue weighted by Gasteiger charge is -2.32. The second-order valence-electron chi connectivity index (χ2n) is 8.56. The number of hydrogen-bond donors (Lipinski definition) is 0. The second kappa shape index (κ2) is 8.29. The SMILES string of the molecule is CC(=O)N1CCc2c(c(N3CCCc4cc(Br)c(C#N)cc43)nn2C2CCOCC2)C1. The summed E-state index contributed by atoms with van der Waals surface area (Å²) in [5, 5.41) is 14.7. The summed E-state index contributed by atoms with van der Waals surface area (Å²) in [7, 11) is 0. The molecule has 0 aliphatic carbocycles. The number of halogens is 1. The van der Waals surface area contributed by atoms with Crippen molar-refractivity contribution in [3.8, 4) is 6.07 Å². The zero-order valence-corrected chi connectivity index (χ0v) is 19.3. The molecule has 0 spiro atoms. The van der Waals surface area contributed by atoms with Crippen molar-refractivity contribution in [1.82, 2.24) is 14.7 Å². The third-order valence-electron chi connectivity index (χ3n) is 6.71. The van der Waals surface area contributed by atoms with Gasteiger partial charge in [0.2, 0.25) is 5.91 Å². The third kappa shape index (κ3) is 3.64. The Morgan fingerprint density at radius 2 is 2.06 bits per heavy atom. The molecule has 0 bridgehead atoms. The summed E-state index contributed by atoms with van der Waals surface area (Å²) in [6, 6.07) is 6.68. The summed E-state index contributed by atoms with van der Waals surface area (Å²) in [6.07, 6.45) is 4.77. The zero-order valence-electron chi connectivity index (χ0n) is 17.7. The lowest BCUT2D eigenvalue weighted by atomic mass is 9.98. The van der Waals surface area contributed by atoms with E-state index in [0.717, 1.165) is 79.9 Å². The van der Waals surface area contributed by atoms with Crippen LogP contribution in [0.25, 0.3) is 0 Å². The van der Waals surface area contributed by atoms with Gasteiger partial charge in [-0.25, -0.2) is 0 Å². The molecule has 1 saturated heterocycles. The normalized spacial score (nSPS) is 19.0. The largest absolute Gasteiger partial charge is 0.381 e. The Hall–Kier alpha value is -2.37. The van der Waals surface area contributed by atoms with Crippen molar-refractivity contribution in [3.05, 3.63) is 39.0 Å². The predicted octanol–water partition coefficient (Wildman–Crippen LogP) is 3.86. The van der Waals surface area contributed by atoms with Gasteiger partial charge in [0, 0.05) is 61.1 Å². The monoisotopic (exact) mass is 483 g/mol. The van der Waals surface area contributed by atoms with E-state index in [0.29, 0.717) is 18.2 Å². The van der Waals surface area contributed by atoms with Crippen LogP contribution < -0.4 is 4.90 Å². The van der Waals surface area contributed by atoms with Crippen LogP contribution in [0.15, 0.2) is 16.6 Å². The van der Waals surface area contributed by atoms with E-state index >= 15 is 0 Å². The first-order valence-electron chi connectivity index (χ1n) is 11.0. The van der Waals surface area contributed by atoms with Gasteiger partial charge in [-0.2, -0.15) is 10.4 Å². The Kier molecular flexibility index (Phi) is 5.49. The van der Waals surface area contributed by atoms with Crippen molar-refractivity contribution < 1.29 is 9.53 Å². The molecule has 0 radical (unpaired) electrons. The highest BCUT2D eigenvalue weighted by Gasteiger charge is 2.33. The third-order valence-corrected chi connectivity index (χ3v) is 7.37. The Labute approximate surface area is 190 Å². The van der Waals surface area contributed by atoms with Gasteiger partial charge in [-0.05, 0) is 59.3 Å². The Bertz CT molecular complexity index is 1070. The minimum absolute atomic E-state index is 0.102. The van der Waals surface area contributed by atoms with E-state index in [1.165, 1.54) is 11.3 Å². The molecule has 0 atom stereocenters. The van der Waals surface area contributed by atoms with Crippen molar-refractivity contribution in [3.63, 3.8) is 0 Å². The summed E-state index contributed by atoms with van der Waals surface area (Å²) >= 11 is 3.54. The number of aryl methyl sites for hydroxylation is 1. The molecule has 1 aromatic heterocycles. The number of benzene rings is 1. The smallest absolute Gasteiger partial charge is 0.219 e.